The van der Waals surface area contributed by atoms with Crippen molar-refractivity contribution in [3.8, 4) is 0 Å². The van der Waals surface area contributed by atoms with Gasteiger partial charge < -0.3 is 0 Å². The molecule has 0 aliphatic rings. The Hall–Kier alpha value is -0.100. The molecule has 2 nitrogen and oxygen atoms in total. The van der Waals surface area contributed by atoms with Crippen LogP contribution in [0.25, 0.3) is 0 Å². The minimum Gasteiger partial charge on any atom is -0.287 e. The van der Waals surface area contributed by atoms with Crippen LogP contribution in [0.4, 0.5) is 13.2 Å². The molecule has 0 aliphatic carbocycles. The van der Waals surface area contributed by atoms with E-state index >= 15 is 0 Å². The van der Waals surface area contributed by atoms with Crippen LogP contribution < -0.4 is 0 Å². The Balaban J connectivity index is 3.82. The number of alkyl halides is 3. The van der Waals surface area contributed by atoms with Gasteiger partial charge in [0.25, 0.3) is 11.1 Å². The van der Waals surface area contributed by atoms with E-state index in [4.69, 9.17) is 0 Å². The Morgan fingerprint density at radius 2 is 1.88 bits per heavy atom. The summed E-state index contributed by atoms with van der Waals surface area (Å²) >= 11 is -3.14. The van der Waals surface area contributed by atoms with Gasteiger partial charge in [-0.3, -0.25) is 4.18 Å². The predicted molar refractivity (Wildman–Crippen MR) is 21.2 cm³/mol. The topological polar surface area (TPSA) is 26.3 Å². The molecule has 0 aromatic heterocycles. The van der Waals surface area contributed by atoms with Gasteiger partial charge in [0.1, 0.15) is 0 Å². The number of hydrogen-bond acceptors (Lipinski definition) is 2. The third kappa shape index (κ3) is 2.27. The van der Waals surface area contributed by atoms with Crippen LogP contribution in [0.3, 0.4) is 0 Å². The summed E-state index contributed by atoms with van der Waals surface area (Å²) in [5, 5.41) is 0. The second-order valence-electron chi connectivity index (χ2n) is 0.847. The van der Waals surface area contributed by atoms with E-state index in [9.17, 15) is 17.4 Å². The van der Waals surface area contributed by atoms with Gasteiger partial charge in [-0.15, -0.1) is 0 Å². The largest absolute Gasteiger partial charge is 0.497 e. The van der Waals surface area contributed by atoms with E-state index in [1.165, 1.54) is 0 Å². The normalized spacial score (nSPS) is 16.0. The maximum atomic E-state index is 11.0. The van der Waals surface area contributed by atoms with Crippen molar-refractivity contribution in [1.82, 2.24) is 0 Å². The number of rotatable bonds is 1. The molecule has 6 heteroatoms. The molecule has 50 valence electrons. The minimum atomic E-state index is -4.74. The summed E-state index contributed by atoms with van der Waals surface area (Å²) in [6.45, 7) is 0. The average molecular weight is 148 g/mol. The molecular weight excluding hydrogens is 145 g/mol. The summed E-state index contributed by atoms with van der Waals surface area (Å²) in [6.07, 6.45) is 0. The van der Waals surface area contributed by atoms with Gasteiger partial charge in [-0.05, 0) is 0 Å². The van der Waals surface area contributed by atoms with Crippen molar-refractivity contribution in [2.24, 2.45) is 0 Å². The fourth-order valence-electron chi connectivity index (χ4n) is 0.0945. The summed E-state index contributed by atoms with van der Waals surface area (Å²) in [5.74, 6) is 0. The Morgan fingerprint density at radius 1 is 1.50 bits per heavy atom. The van der Waals surface area contributed by atoms with Crippen LogP contribution in [0.2, 0.25) is 0 Å². The first kappa shape index (κ1) is 7.90. The molecule has 0 heterocycles. The lowest BCUT2D eigenvalue weighted by Gasteiger charge is -1.99. The average Bonchev–Trinajstić information content (AvgIpc) is 1.62. The van der Waals surface area contributed by atoms with Crippen molar-refractivity contribution in [3.05, 3.63) is 0 Å². The van der Waals surface area contributed by atoms with Crippen LogP contribution >= 0.6 is 0 Å². The quantitative estimate of drug-likeness (QED) is 0.550. The Labute approximate surface area is 46.3 Å². The minimum absolute atomic E-state index is 0.726. The second kappa shape index (κ2) is 2.45. The first-order valence-electron chi connectivity index (χ1n) is 1.51. The zero-order valence-electron chi connectivity index (χ0n) is 3.86. The van der Waals surface area contributed by atoms with Crippen molar-refractivity contribution in [3.63, 3.8) is 0 Å². The lowest BCUT2D eigenvalue weighted by molar-refractivity contribution is -0.0459. The van der Waals surface area contributed by atoms with Crippen LogP contribution in [-0.2, 0) is 15.3 Å². The van der Waals surface area contributed by atoms with Crippen molar-refractivity contribution < 1.29 is 21.6 Å². The Kier molecular flexibility index (Phi) is 2.42. The first-order valence-corrected chi connectivity index (χ1v) is 2.59. The molecule has 0 aliphatic heterocycles. The van der Waals surface area contributed by atoms with Gasteiger partial charge in [-0.2, -0.15) is 13.2 Å². The summed E-state index contributed by atoms with van der Waals surface area (Å²) in [5.41, 5.74) is -4.74. The molecule has 1 unspecified atom stereocenters. The van der Waals surface area contributed by atoms with E-state index in [1.807, 2.05) is 0 Å². The molecule has 0 amide bonds. The summed E-state index contributed by atoms with van der Waals surface area (Å²) in [6, 6.07) is 0. The van der Waals surface area contributed by atoms with E-state index in [-0.39, 0.29) is 0 Å². The Morgan fingerprint density at radius 3 is 1.88 bits per heavy atom. The fourth-order valence-corrected chi connectivity index (χ4v) is 0.283. The first-order chi connectivity index (χ1) is 3.48. The fraction of sp³-hybridized carbons (Fsp3) is 1.00. The molecule has 8 heavy (non-hydrogen) atoms. The van der Waals surface area contributed by atoms with Crippen molar-refractivity contribution in [2.75, 3.05) is 7.11 Å². The third-order valence-corrected chi connectivity index (χ3v) is 1.02. The highest BCUT2D eigenvalue weighted by molar-refractivity contribution is 7.81. The molecule has 0 saturated heterocycles. The molecule has 0 N–H and O–H groups in total. The van der Waals surface area contributed by atoms with Crippen LogP contribution in [-0.4, -0.2) is 16.8 Å². The molecule has 0 rings (SSSR count). The number of halogens is 3. The van der Waals surface area contributed by atoms with E-state index in [1.54, 1.807) is 0 Å². The summed E-state index contributed by atoms with van der Waals surface area (Å²) in [4.78, 5) is 0. The summed E-state index contributed by atoms with van der Waals surface area (Å²) < 4.78 is 46.1. The molecule has 0 spiro atoms. The highest BCUT2D eigenvalue weighted by Gasteiger charge is 2.37. The monoisotopic (exact) mass is 148 g/mol. The van der Waals surface area contributed by atoms with Crippen molar-refractivity contribution in [1.29, 1.82) is 0 Å². The van der Waals surface area contributed by atoms with E-state index in [0.29, 0.717) is 0 Å². The molecule has 0 fully saturated rings. The lowest BCUT2D eigenvalue weighted by Crippen LogP contribution is -2.16. The molecular formula is C2H3F3O2S. The zero-order valence-corrected chi connectivity index (χ0v) is 4.68. The van der Waals surface area contributed by atoms with Gasteiger partial charge in [-0.1, -0.05) is 0 Å². The van der Waals surface area contributed by atoms with Crippen LogP contribution in [0.5, 0.6) is 0 Å². The molecule has 0 bridgehead atoms. The van der Waals surface area contributed by atoms with Crippen LogP contribution in [0.15, 0.2) is 0 Å². The van der Waals surface area contributed by atoms with Gasteiger partial charge in [0.15, 0.2) is 0 Å². The Bertz CT molecular complexity index is 97.9. The van der Waals surface area contributed by atoms with E-state index in [0.717, 1.165) is 7.11 Å². The van der Waals surface area contributed by atoms with Gasteiger partial charge in [0.05, 0.1) is 7.11 Å². The highest BCUT2D eigenvalue weighted by Crippen LogP contribution is 2.19. The zero-order chi connectivity index (χ0) is 6.78. The number of hydrogen-bond donors (Lipinski definition) is 0. The SMILES string of the molecule is COS(=O)C(F)(F)F. The molecule has 0 aromatic rings. The highest BCUT2D eigenvalue weighted by atomic mass is 32.2. The molecule has 0 aromatic carbocycles. The predicted octanol–water partition coefficient (Wildman–Crippen LogP) is 0.816. The van der Waals surface area contributed by atoms with Crippen molar-refractivity contribution in [2.45, 2.75) is 5.51 Å². The maximum absolute atomic E-state index is 11.0. The van der Waals surface area contributed by atoms with Crippen molar-refractivity contribution >= 4 is 11.1 Å². The van der Waals surface area contributed by atoms with Crippen LogP contribution in [0, 0.1) is 0 Å². The van der Waals surface area contributed by atoms with Gasteiger partial charge in [0, 0.05) is 0 Å². The van der Waals surface area contributed by atoms with Crippen LogP contribution in [0.1, 0.15) is 0 Å². The second-order valence-corrected chi connectivity index (χ2v) is 2.11. The van der Waals surface area contributed by atoms with Gasteiger partial charge in [-0.25, -0.2) is 4.21 Å². The molecule has 0 radical (unpaired) electrons. The van der Waals surface area contributed by atoms with Gasteiger partial charge >= 0.3 is 5.51 Å². The van der Waals surface area contributed by atoms with Gasteiger partial charge in [0.2, 0.25) is 0 Å². The van der Waals surface area contributed by atoms with E-state index in [2.05, 4.69) is 4.18 Å². The van der Waals surface area contributed by atoms with E-state index < -0.39 is 16.6 Å². The maximum Gasteiger partial charge on any atom is 0.497 e. The smallest absolute Gasteiger partial charge is 0.287 e. The third-order valence-electron chi connectivity index (χ3n) is 0.340. The standard InChI is InChI=1S/C2H3F3O2S/c1-7-8(6)2(3,4)5/h1H3. The summed E-state index contributed by atoms with van der Waals surface area (Å²) in [7, 11) is 0.726. The molecule has 0 saturated carbocycles. The lowest BCUT2D eigenvalue weighted by atomic mass is 11.6. The molecule has 1 atom stereocenters.